The fraction of sp³-hybridized carbons (Fsp3) is 0.120. The van der Waals surface area contributed by atoms with E-state index >= 15 is 0 Å². The fourth-order valence-electron chi connectivity index (χ4n) is 3.86. The van der Waals surface area contributed by atoms with E-state index in [4.69, 9.17) is 24.7 Å². The Morgan fingerprint density at radius 3 is 2.44 bits per heavy atom. The van der Waals surface area contributed by atoms with E-state index in [0.29, 0.717) is 34.1 Å². The number of ether oxygens (including phenoxy) is 4. The lowest BCUT2D eigenvalue weighted by Crippen LogP contribution is -2.21. The molecule has 7 heteroatoms. The molecule has 0 aromatic heterocycles. The molecule has 156 valence electrons. The molecule has 0 bridgehead atoms. The monoisotopic (exact) mass is 423 g/mol. The molecule has 5 rings (SSSR count). The number of allylic oxidation sites excluding steroid dienone is 1. The molecule has 0 radical (unpaired) electrons. The fourth-order valence-corrected chi connectivity index (χ4v) is 3.86. The number of nitriles is 2. The topological polar surface area (TPSA) is 111 Å². The molecule has 1 atom stereocenters. The van der Waals surface area contributed by atoms with Gasteiger partial charge in [-0.25, -0.2) is 0 Å². The lowest BCUT2D eigenvalue weighted by atomic mass is 9.83. The smallest absolute Gasteiger partial charge is 0.231 e. The Bertz CT molecular complexity index is 1320. The zero-order valence-electron chi connectivity index (χ0n) is 16.9. The van der Waals surface area contributed by atoms with Crippen LogP contribution >= 0.6 is 0 Å². The summed E-state index contributed by atoms with van der Waals surface area (Å²) in [6.45, 7) is 0.417. The van der Waals surface area contributed by atoms with E-state index in [1.165, 1.54) is 0 Å². The number of rotatable bonds is 4. The van der Waals surface area contributed by atoms with Gasteiger partial charge in [0.1, 0.15) is 29.7 Å². The predicted molar refractivity (Wildman–Crippen MR) is 114 cm³/mol. The standard InChI is InChI=1S/C25H17N3O4/c26-11-16-3-1-2-4-17(16)13-29-18-7-5-15(6-8-18)24-19-9-22-23(31-14-30-22)10-21(19)32-25(28)20(24)12-27/h1-10,24H,13-14,28H2/t24-/m0/s1. The van der Waals surface area contributed by atoms with Gasteiger partial charge in [0.05, 0.1) is 17.6 Å². The molecule has 2 aliphatic heterocycles. The zero-order valence-corrected chi connectivity index (χ0v) is 16.9. The highest BCUT2D eigenvalue weighted by atomic mass is 16.7. The summed E-state index contributed by atoms with van der Waals surface area (Å²) in [5, 5.41) is 19.0. The van der Waals surface area contributed by atoms with Crippen LogP contribution in [0.3, 0.4) is 0 Å². The van der Waals surface area contributed by atoms with Crippen LogP contribution < -0.4 is 24.7 Å². The Morgan fingerprint density at radius 2 is 1.69 bits per heavy atom. The summed E-state index contributed by atoms with van der Waals surface area (Å²) >= 11 is 0. The third-order valence-electron chi connectivity index (χ3n) is 5.46. The van der Waals surface area contributed by atoms with Gasteiger partial charge in [-0.15, -0.1) is 0 Å². The highest BCUT2D eigenvalue weighted by molar-refractivity contribution is 5.61. The summed E-state index contributed by atoms with van der Waals surface area (Å²) in [4.78, 5) is 0. The van der Waals surface area contributed by atoms with Gasteiger partial charge in [0.2, 0.25) is 12.7 Å². The molecule has 0 fully saturated rings. The Kier molecular flexibility index (Phi) is 4.78. The molecule has 2 aliphatic rings. The van der Waals surface area contributed by atoms with Gasteiger partial charge in [-0.1, -0.05) is 30.3 Å². The summed E-state index contributed by atoms with van der Waals surface area (Å²) < 4.78 is 22.5. The van der Waals surface area contributed by atoms with Crippen LogP contribution in [0, 0.1) is 22.7 Å². The number of nitrogens with two attached hydrogens (primary N) is 1. The quantitative estimate of drug-likeness (QED) is 0.673. The van der Waals surface area contributed by atoms with Crippen molar-refractivity contribution >= 4 is 0 Å². The summed E-state index contributed by atoms with van der Waals surface area (Å²) in [6, 6.07) is 22.7. The third-order valence-corrected chi connectivity index (χ3v) is 5.46. The van der Waals surface area contributed by atoms with E-state index in [9.17, 15) is 10.5 Å². The van der Waals surface area contributed by atoms with Gasteiger partial charge < -0.3 is 24.7 Å². The SMILES string of the molecule is N#CC1=C(N)Oc2cc3c(cc2[C@@H]1c1ccc(OCc2ccccc2C#N)cc1)OCO3. The first kappa shape index (κ1) is 19.3. The number of hydrogen-bond donors (Lipinski definition) is 1. The molecule has 0 aliphatic carbocycles. The minimum Gasteiger partial charge on any atom is -0.489 e. The molecule has 7 nitrogen and oxygen atoms in total. The highest BCUT2D eigenvalue weighted by Gasteiger charge is 2.33. The van der Waals surface area contributed by atoms with E-state index in [-0.39, 0.29) is 19.3 Å². The van der Waals surface area contributed by atoms with Gasteiger partial charge in [-0.3, -0.25) is 0 Å². The van der Waals surface area contributed by atoms with Crippen LogP contribution in [0.2, 0.25) is 0 Å². The second-order valence-corrected chi connectivity index (χ2v) is 7.29. The van der Waals surface area contributed by atoms with Crippen LogP contribution in [0.1, 0.15) is 28.2 Å². The second-order valence-electron chi connectivity index (χ2n) is 7.29. The Labute approximate surface area is 184 Å². The first-order valence-electron chi connectivity index (χ1n) is 9.90. The van der Waals surface area contributed by atoms with Crippen molar-refractivity contribution in [3.8, 4) is 35.1 Å². The average molecular weight is 423 g/mol. The molecule has 0 saturated heterocycles. The molecule has 32 heavy (non-hydrogen) atoms. The molecule has 0 spiro atoms. The second kappa shape index (κ2) is 7.90. The van der Waals surface area contributed by atoms with Crippen molar-refractivity contribution in [3.63, 3.8) is 0 Å². The van der Waals surface area contributed by atoms with Crippen LogP contribution in [0.25, 0.3) is 0 Å². The maximum absolute atomic E-state index is 9.75. The van der Waals surface area contributed by atoms with Gasteiger partial charge in [-0.05, 0) is 29.8 Å². The summed E-state index contributed by atoms with van der Waals surface area (Å²) in [5.41, 5.74) is 9.42. The third kappa shape index (κ3) is 3.32. The Hall–Kier alpha value is -4.62. The molecule has 3 aromatic rings. The van der Waals surface area contributed by atoms with Crippen molar-refractivity contribution in [1.29, 1.82) is 10.5 Å². The molecule has 0 unspecified atom stereocenters. The maximum Gasteiger partial charge on any atom is 0.231 e. The van der Waals surface area contributed by atoms with Crippen molar-refractivity contribution in [2.24, 2.45) is 5.73 Å². The number of nitrogens with zero attached hydrogens (tertiary/aromatic N) is 2. The lowest BCUT2D eigenvalue weighted by Gasteiger charge is -2.26. The van der Waals surface area contributed by atoms with Gasteiger partial charge in [-0.2, -0.15) is 10.5 Å². The van der Waals surface area contributed by atoms with Crippen LogP contribution in [0.4, 0.5) is 0 Å². The molecule has 0 saturated carbocycles. The first-order chi connectivity index (χ1) is 15.7. The van der Waals surface area contributed by atoms with Gasteiger partial charge in [0.25, 0.3) is 0 Å². The van der Waals surface area contributed by atoms with Crippen LogP contribution in [0.5, 0.6) is 23.0 Å². The van der Waals surface area contributed by atoms with Crippen molar-refractivity contribution < 1.29 is 18.9 Å². The zero-order chi connectivity index (χ0) is 22.1. The minimum atomic E-state index is -0.411. The average Bonchev–Trinajstić information content (AvgIpc) is 3.28. The van der Waals surface area contributed by atoms with E-state index in [2.05, 4.69) is 12.1 Å². The Balaban J connectivity index is 1.44. The van der Waals surface area contributed by atoms with E-state index in [0.717, 1.165) is 16.7 Å². The van der Waals surface area contributed by atoms with Gasteiger partial charge >= 0.3 is 0 Å². The normalized spacial score (nSPS) is 15.9. The summed E-state index contributed by atoms with van der Waals surface area (Å²) in [7, 11) is 0. The van der Waals surface area contributed by atoms with Crippen LogP contribution in [-0.4, -0.2) is 6.79 Å². The number of fused-ring (bicyclic) bond motifs is 2. The minimum absolute atomic E-state index is 0.0669. The largest absolute Gasteiger partial charge is 0.489 e. The summed E-state index contributed by atoms with van der Waals surface area (Å²) in [5.74, 6) is 2.02. The van der Waals surface area contributed by atoms with E-state index in [1.807, 2.05) is 48.5 Å². The van der Waals surface area contributed by atoms with Gasteiger partial charge in [0, 0.05) is 17.2 Å². The molecule has 2 heterocycles. The summed E-state index contributed by atoms with van der Waals surface area (Å²) in [6.07, 6.45) is 0. The van der Waals surface area contributed by atoms with E-state index < -0.39 is 5.92 Å². The molecular weight excluding hydrogens is 406 g/mol. The molecular formula is C25H17N3O4. The lowest BCUT2D eigenvalue weighted by molar-refractivity contribution is 0.174. The van der Waals surface area contributed by atoms with Crippen molar-refractivity contribution in [3.05, 3.63) is 94.4 Å². The van der Waals surface area contributed by atoms with E-state index in [1.54, 1.807) is 12.1 Å². The van der Waals surface area contributed by atoms with Crippen molar-refractivity contribution in [1.82, 2.24) is 0 Å². The van der Waals surface area contributed by atoms with Crippen molar-refractivity contribution in [2.75, 3.05) is 6.79 Å². The Morgan fingerprint density at radius 1 is 0.938 bits per heavy atom. The van der Waals surface area contributed by atoms with Gasteiger partial charge in [0.15, 0.2) is 11.5 Å². The number of benzene rings is 3. The first-order valence-corrected chi connectivity index (χ1v) is 9.90. The maximum atomic E-state index is 9.75. The molecule has 3 aromatic carbocycles. The molecule has 0 amide bonds. The number of hydrogen-bond acceptors (Lipinski definition) is 7. The van der Waals surface area contributed by atoms with Crippen LogP contribution in [-0.2, 0) is 6.61 Å². The predicted octanol–water partition coefficient (Wildman–Crippen LogP) is 4.08. The van der Waals surface area contributed by atoms with Crippen LogP contribution in [0.15, 0.2) is 72.1 Å². The highest BCUT2D eigenvalue weighted by Crippen LogP contribution is 2.47. The van der Waals surface area contributed by atoms with Crippen molar-refractivity contribution in [2.45, 2.75) is 12.5 Å². The molecule has 2 N–H and O–H groups in total.